The quantitative estimate of drug-likeness (QED) is 0.268. The van der Waals surface area contributed by atoms with Gasteiger partial charge >= 0.3 is 0 Å². The maximum absolute atomic E-state index is 13.9. The average Bonchev–Trinajstić information content (AvgIpc) is 3.29. The van der Waals surface area contributed by atoms with Crippen molar-refractivity contribution in [3.8, 4) is 33.5 Å². The van der Waals surface area contributed by atoms with Gasteiger partial charge in [0, 0.05) is 22.9 Å². The number of hydrogen-bond donors (Lipinski definition) is 0. The van der Waals surface area contributed by atoms with Gasteiger partial charge in [-0.3, -0.25) is 4.98 Å². The van der Waals surface area contributed by atoms with Gasteiger partial charge in [-0.1, -0.05) is 35.5 Å². The number of benzene rings is 3. The molecular formula is C26H18FN3OS. The molecule has 0 amide bonds. The van der Waals surface area contributed by atoms with Crippen LogP contribution in [0, 0.1) is 17.6 Å². The molecule has 0 aliphatic carbocycles. The standard InChI is InChI=1S/C26H18FN3OS/c1-16-10-20(6-8-23(16)27)26-22(19-7-9-24-25(12-19)32-15-29-24)11-21(14-28-26)18-4-2-17(3-5-18)13-30-31/h2-12,14-15H,13H2,1H3. The van der Waals surface area contributed by atoms with Gasteiger partial charge in [0.15, 0.2) is 0 Å². The lowest BCUT2D eigenvalue weighted by Gasteiger charge is -2.13. The molecule has 0 aliphatic rings. The van der Waals surface area contributed by atoms with Crippen LogP contribution >= 0.6 is 11.3 Å². The fourth-order valence-electron chi connectivity index (χ4n) is 3.76. The van der Waals surface area contributed by atoms with Crippen molar-refractivity contribution in [3.05, 3.63) is 100 Å². The minimum absolute atomic E-state index is 0.154. The van der Waals surface area contributed by atoms with Gasteiger partial charge in [-0.05, 0) is 65.6 Å². The Morgan fingerprint density at radius 1 is 0.875 bits per heavy atom. The first-order valence-electron chi connectivity index (χ1n) is 10.1. The van der Waals surface area contributed by atoms with Crippen LogP contribution in [0.2, 0.25) is 0 Å². The third-order valence-electron chi connectivity index (χ3n) is 5.50. The Hall–Kier alpha value is -3.77. The molecule has 32 heavy (non-hydrogen) atoms. The first-order chi connectivity index (χ1) is 15.6. The van der Waals surface area contributed by atoms with Crippen molar-refractivity contribution in [1.82, 2.24) is 9.97 Å². The van der Waals surface area contributed by atoms with Crippen LogP contribution in [0.5, 0.6) is 0 Å². The summed E-state index contributed by atoms with van der Waals surface area (Å²) in [4.78, 5) is 19.7. The van der Waals surface area contributed by atoms with E-state index in [1.54, 1.807) is 24.3 Å². The van der Waals surface area contributed by atoms with E-state index >= 15 is 0 Å². The van der Waals surface area contributed by atoms with Crippen LogP contribution in [0.15, 0.2) is 83.6 Å². The number of pyridine rings is 1. The fourth-order valence-corrected chi connectivity index (χ4v) is 4.48. The highest BCUT2D eigenvalue weighted by Gasteiger charge is 2.14. The van der Waals surface area contributed by atoms with Gasteiger partial charge in [0.1, 0.15) is 12.4 Å². The number of fused-ring (bicyclic) bond motifs is 1. The molecule has 0 N–H and O–H groups in total. The molecule has 6 heteroatoms. The summed E-state index contributed by atoms with van der Waals surface area (Å²) in [6, 6.07) is 21.1. The van der Waals surface area contributed by atoms with Crippen molar-refractivity contribution in [3.63, 3.8) is 0 Å². The highest BCUT2D eigenvalue weighted by molar-refractivity contribution is 7.16. The molecule has 0 bridgehead atoms. The zero-order valence-electron chi connectivity index (χ0n) is 17.2. The second kappa shape index (κ2) is 8.40. The maximum Gasteiger partial charge on any atom is 0.126 e. The molecular weight excluding hydrogens is 421 g/mol. The molecule has 0 atom stereocenters. The molecule has 0 saturated heterocycles. The number of halogens is 1. The molecule has 0 aliphatic heterocycles. The Balaban J connectivity index is 1.67. The van der Waals surface area contributed by atoms with Gasteiger partial charge in [-0.15, -0.1) is 11.3 Å². The van der Waals surface area contributed by atoms with Crippen molar-refractivity contribution < 1.29 is 4.39 Å². The number of aryl methyl sites for hydroxylation is 1. The lowest BCUT2D eigenvalue weighted by atomic mass is 9.95. The Bertz CT molecular complexity index is 1440. The number of nitroso groups, excluding NO2 is 1. The third kappa shape index (κ3) is 3.81. The summed E-state index contributed by atoms with van der Waals surface area (Å²) in [5.41, 5.74) is 9.83. The smallest absolute Gasteiger partial charge is 0.126 e. The molecule has 3 aromatic carbocycles. The number of rotatable bonds is 5. The van der Waals surface area contributed by atoms with Gasteiger partial charge in [-0.25, -0.2) is 9.37 Å². The minimum Gasteiger partial charge on any atom is -0.255 e. The van der Waals surface area contributed by atoms with Crippen molar-refractivity contribution in [2.45, 2.75) is 13.5 Å². The average molecular weight is 440 g/mol. The van der Waals surface area contributed by atoms with Crippen LogP contribution in [-0.4, -0.2) is 9.97 Å². The number of aromatic nitrogens is 2. The first-order valence-corrected chi connectivity index (χ1v) is 11.0. The minimum atomic E-state index is -0.233. The summed E-state index contributed by atoms with van der Waals surface area (Å²) in [6.45, 7) is 1.91. The van der Waals surface area contributed by atoms with Crippen LogP contribution < -0.4 is 0 Å². The Labute approximate surface area is 188 Å². The number of nitrogens with zero attached hydrogens (tertiary/aromatic N) is 3. The molecule has 0 saturated carbocycles. The zero-order chi connectivity index (χ0) is 22.1. The topological polar surface area (TPSA) is 55.2 Å². The first kappa shape index (κ1) is 20.2. The largest absolute Gasteiger partial charge is 0.255 e. The van der Waals surface area contributed by atoms with E-state index in [0.717, 1.165) is 49.3 Å². The molecule has 156 valence electrons. The summed E-state index contributed by atoms with van der Waals surface area (Å²) in [5, 5.41) is 2.95. The molecule has 0 fully saturated rings. The van der Waals surface area contributed by atoms with Gasteiger partial charge in [-0.2, -0.15) is 4.91 Å². The number of thiazole rings is 1. The second-order valence-electron chi connectivity index (χ2n) is 7.60. The normalized spacial score (nSPS) is 11.1. The summed E-state index contributed by atoms with van der Waals surface area (Å²) in [5.74, 6) is -0.233. The fraction of sp³-hybridized carbons (Fsp3) is 0.0769. The highest BCUT2D eigenvalue weighted by Crippen LogP contribution is 2.36. The van der Waals surface area contributed by atoms with E-state index < -0.39 is 0 Å². The molecule has 5 rings (SSSR count). The molecule has 4 nitrogen and oxygen atoms in total. The van der Waals surface area contributed by atoms with Crippen molar-refractivity contribution in [1.29, 1.82) is 0 Å². The van der Waals surface area contributed by atoms with Crippen LogP contribution in [-0.2, 0) is 6.54 Å². The van der Waals surface area contributed by atoms with Gasteiger partial charge in [0.05, 0.1) is 21.4 Å². The van der Waals surface area contributed by atoms with Gasteiger partial charge in [0.2, 0.25) is 0 Å². The van der Waals surface area contributed by atoms with E-state index in [2.05, 4.69) is 22.3 Å². The predicted molar refractivity (Wildman–Crippen MR) is 128 cm³/mol. The van der Waals surface area contributed by atoms with Crippen LogP contribution in [0.1, 0.15) is 11.1 Å². The van der Waals surface area contributed by atoms with Gasteiger partial charge in [0.25, 0.3) is 0 Å². The third-order valence-corrected chi connectivity index (χ3v) is 6.29. The van der Waals surface area contributed by atoms with E-state index in [9.17, 15) is 9.30 Å². The summed E-state index contributed by atoms with van der Waals surface area (Å²) in [6.07, 6.45) is 1.83. The summed E-state index contributed by atoms with van der Waals surface area (Å²) >= 11 is 1.59. The van der Waals surface area contributed by atoms with E-state index in [1.165, 1.54) is 6.07 Å². The molecule has 2 heterocycles. The maximum atomic E-state index is 13.9. The lowest BCUT2D eigenvalue weighted by molar-refractivity contribution is 0.619. The van der Waals surface area contributed by atoms with Crippen molar-refractivity contribution in [2.75, 3.05) is 0 Å². The van der Waals surface area contributed by atoms with Crippen molar-refractivity contribution in [2.24, 2.45) is 5.18 Å². The van der Waals surface area contributed by atoms with Crippen LogP contribution in [0.25, 0.3) is 43.7 Å². The second-order valence-corrected chi connectivity index (χ2v) is 8.49. The van der Waals surface area contributed by atoms with Crippen molar-refractivity contribution >= 4 is 21.6 Å². The van der Waals surface area contributed by atoms with E-state index in [0.29, 0.717) is 5.56 Å². The lowest BCUT2D eigenvalue weighted by Crippen LogP contribution is -1.93. The molecule has 0 radical (unpaired) electrons. The Kier molecular flexibility index (Phi) is 5.29. The predicted octanol–water partition coefficient (Wildman–Crippen LogP) is 7.41. The Morgan fingerprint density at radius 3 is 2.44 bits per heavy atom. The van der Waals surface area contributed by atoms with E-state index in [1.807, 2.05) is 54.2 Å². The molecule has 5 aromatic rings. The summed E-state index contributed by atoms with van der Waals surface area (Å²) in [7, 11) is 0. The Morgan fingerprint density at radius 2 is 1.66 bits per heavy atom. The number of hydrogen-bond acceptors (Lipinski definition) is 5. The van der Waals surface area contributed by atoms with Gasteiger partial charge < -0.3 is 0 Å². The molecule has 0 unspecified atom stereocenters. The SMILES string of the molecule is Cc1cc(-c2ncc(-c3ccc(CN=O)cc3)cc2-c2ccc3ncsc3c2)ccc1F. The zero-order valence-corrected chi connectivity index (χ0v) is 18.1. The van der Waals surface area contributed by atoms with E-state index in [-0.39, 0.29) is 12.4 Å². The van der Waals surface area contributed by atoms with E-state index in [4.69, 9.17) is 4.98 Å². The summed E-state index contributed by atoms with van der Waals surface area (Å²) < 4.78 is 15.0. The highest BCUT2D eigenvalue weighted by atomic mass is 32.1. The van der Waals surface area contributed by atoms with Crippen LogP contribution in [0.4, 0.5) is 4.39 Å². The molecule has 2 aromatic heterocycles. The monoisotopic (exact) mass is 439 g/mol. The van der Waals surface area contributed by atoms with Crippen LogP contribution in [0.3, 0.4) is 0 Å². The molecule has 0 spiro atoms.